The lowest BCUT2D eigenvalue weighted by Crippen LogP contribution is -2.39. The second-order valence-electron chi connectivity index (χ2n) is 5.45. The summed E-state index contributed by atoms with van der Waals surface area (Å²) >= 11 is 0. The number of amides is 1. The van der Waals surface area contributed by atoms with E-state index in [0.29, 0.717) is 13.1 Å². The molecule has 1 amide bonds. The molecule has 1 aromatic rings. The van der Waals surface area contributed by atoms with Gasteiger partial charge in [-0.2, -0.15) is 0 Å². The summed E-state index contributed by atoms with van der Waals surface area (Å²) in [6, 6.07) is 5.99. The standard InChI is InChI=1S/C15H21FN2O/c1-15(2,10-17)11-18(3)14(19)9-6-12-4-7-13(16)8-5-12/h4-9H,10-11,17H2,1-3H3. The van der Waals surface area contributed by atoms with Gasteiger partial charge in [-0.25, -0.2) is 4.39 Å². The number of carbonyl (C=O) groups excluding carboxylic acids is 1. The Kier molecular flexibility index (Phi) is 5.24. The van der Waals surface area contributed by atoms with Gasteiger partial charge in [-0.15, -0.1) is 0 Å². The van der Waals surface area contributed by atoms with Crippen LogP contribution in [0.2, 0.25) is 0 Å². The first kappa shape index (κ1) is 15.4. The Labute approximate surface area is 113 Å². The molecular formula is C15H21FN2O. The second-order valence-corrected chi connectivity index (χ2v) is 5.45. The Morgan fingerprint density at radius 2 is 1.95 bits per heavy atom. The Morgan fingerprint density at radius 3 is 2.47 bits per heavy atom. The molecule has 104 valence electrons. The average molecular weight is 264 g/mol. The van der Waals surface area contributed by atoms with Gasteiger partial charge >= 0.3 is 0 Å². The van der Waals surface area contributed by atoms with Crippen molar-refractivity contribution in [2.24, 2.45) is 11.1 Å². The fourth-order valence-corrected chi connectivity index (χ4v) is 1.65. The van der Waals surface area contributed by atoms with Crippen LogP contribution >= 0.6 is 0 Å². The van der Waals surface area contributed by atoms with Gasteiger partial charge in [-0.3, -0.25) is 4.79 Å². The van der Waals surface area contributed by atoms with Crippen LogP contribution in [0.15, 0.2) is 30.3 Å². The molecule has 0 bridgehead atoms. The van der Waals surface area contributed by atoms with Crippen LogP contribution in [0, 0.1) is 11.2 Å². The molecule has 2 N–H and O–H groups in total. The SMILES string of the molecule is CN(CC(C)(C)CN)C(=O)C=Cc1ccc(F)cc1. The minimum absolute atomic E-state index is 0.0918. The van der Waals surface area contributed by atoms with Crippen LogP contribution in [0.4, 0.5) is 4.39 Å². The van der Waals surface area contributed by atoms with Gasteiger partial charge in [0.15, 0.2) is 0 Å². The first-order valence-corrected chi connectivity index (χ1v) is 6.23. The van der Waals surface area contributed by atoms with Crippen LogP contribution in [0.3, 0.4) is 0 Å². The molecule has 1 rings (SSSR count). The monoisotopic (exact) mass is 264 g/mol. The van der Waals surface area contributed by atoms with Crippen LogP contribution in [0.5, 0.6) is 0 Å². The molecule has 0 unspecified atom stereocenters. The highest BCUT2D eigenvalue weighted by Gasteiger charge is 2.19. The number of nitrogens with two attached hydrogens (primary N) is 1. The smallest absolute Gasteiger partial charge is 0.246 e. The van der Waals surface area contributed by atoms with Crippen molar-refractivity contribution < 1.29 is 9.18 Å². The van der Waals surface area contributed by atoms with Gasteiger partial charge in [0.1, 0.15) is 5.82 Å². The molecule has 0 atom stereocenters. The predicted octanol–water partition coefficient (Wildman–Crippen LogP) is 2.28. The van der Waals surface area contributed by atoms with Crippen molar-refractivity contribution in [1.82, 2.24) is 4.90 Å². The number of rotatable bonds is 5. The third-order valence-corrected chi connectivity index (χ3v) is 2.88. The van der Waals surface area contributed by atoms with Crippen molar-refractivity contribution in [1.29, 1.82) is 0 Å². The summed E-state index contributed by atoms with van der Waals surface area (Å²) in [5, 5.41) is 0. The van der Waals surface area contributed by atoms with E-state index in [4.69, 9.17) is 5.73 Å². The van der Waals surface area contributed by atoms with E-state index in [1.54, 1.807) is 30.2 Å². The molecule has 4 heteroatoms. The molecule has 1 aromatic carbocycles. The lowest BCUT2D eigenvalue weighted by molar-refractivity contribution is -0.125. The third-order valence-electron chi connectivity index (χ3n) is 2.88. The highest BCUT2D eigenvalue weighted by molar-refractivity contribution is 5.91. The predicted molar refractivity (Wildman–Crippen MR) is 75.9 cm³/mol. The Balaban J connectivity index is 2.61. The van der Waals surface area contributed by atoms with Crippen LogP contribution in [0.25, 0.3) is 6.08 Å². The highest BCUT2D eigenvalue weighted by atomic mass is 19.1. The van der Waals surface area contributed by atoms with Gasteiger partial charge in [-0.05, 0) is 35.7 Å². The van der Waals surface area contributed by atoms with E-state index >= 15 is 0 Å². The first-order valence-electron chi connectivity index (χ1n) is 6.23. The number of hydrogen-bond donors (Lipinski definition) is 1. The summed E-state index contributed by atoms with van der Waals surface area (Å²) in [7, 11) is 1.74. The number of halogens is 1. The van der Waals surface area contributed by atoms with Gasteiger partial charge in [-0.1, -0.05) is 26.0 Å². The summed E-state index contributed by atoms with van der Waals surface area (Å²) in [4.78, 5) is 13.5. The van der Waals surface area contributed by atoms with Crippen LogP contribution in [-0.4, -0.2) is 30.9 Å². The molecule has 0 saturated heterocycles. The highest BCUT2D eigenvalue weighted by Crippen LogP contribution is 2.14. The summed E-state index contributed by atoms with van der Waals surface area (Å²) in [6.07, 6.45) is 3.16. The van der Waals surface area contributed by atoms with Gasteiger partial charge < -0.3 is 10.6 Å². The molecule has 3 nitrogen and oxygen atoms in total. The first-order chi connectivity index (χ1) is 8.84. The maximum Gasteiger partial charge on any atom is 0.246 e. The average Bonchev–Trinajstić information content (AvgIpc) is 2.37. The molecule has 0 radical (unpaired) electrons. The molecular weight excluding hydrogens is 243 g/mol. The lowest BCUT2D eigenvalue weighted by atomic mass is 9.93. The molecule has 0 aliphatic rings. The zero-order chi connectivity index (χ0) is 14.5. The zero-order valence-electron chi connectivity index (χ0n) is 11.7. The van der Waals surface area contributed by atoms with E-state index in [9.17, 15) is 9.18 Å². The quantitative estimate of drug-likeness (QED) is 0.829. The molecule has 0 aliphatic carbocycles. The largest absolute Gasteiger partial charge is 0.342 e. The third kappa shape index (κ3) is 5.22. The number of nitrogens with zero attached hydrogens (tertiary/aromatic N) is 1. The topological polar surface area (TPSA) is 46.3 Å². The van der Waals surface area contributed by atoms with Crippen molar-refractivity contribution in [2.45, 2.75) is 13.8 Å². The van der Waals surface area contributed by atoms with Crippen LogP contribution in [0.1, 0.15) is 19.4 Å². The van der Waals surface area contributed by atoms with Crippen LogP contribution in [-0.2, 0) is 4.79 Å². The summed E-state index contributed by atoms with van der Waals surface area (Å²) < 4.78 is 12.7. The van der Waals surface area contributed by atoms with E-state index < -0.39 is 0 Å². The number of likely N-dealkylation sites (N-methyl/N-ethyl adjacent to an activating group) is 1. The molecule has 0 spiro atoms. The fraction of sp³-hybridized carbons (Fsp3) is 0.400. The molecule has 0 aliphatic heterocycles. The maximum atomic E-state index is 12.7. The van der Waals surface area contributed by atoms with Crippen molar-refractivity contribution in [2.75, 3.05) is 20.1 Å². The Bertz CT molecular complexity index is 452. The maximum absolute atomic E-state index is 12.7. The molecule has 19 heavy (non-hydrogen) atoms. The van der Waals surface area contributed by atoms with E-state index in [1.807, 2.05) is 13.8 Å². The van der Waals surface area contributed by atoms with Gasteiger partial charge in [0, 0.05) is 19.7 Å². The number of carbonyl (C=O) groups is 1. The van der Waals surface area contributed by atoms with Gasteiger partial charge in [0.05, 0.1) is 0 Å². The van der Waals surface area contributed by atoms with E-state index in [0.717, 1.165) is 5.56 Å². The molecule has 0 fully saturated rings. The lowest BCUT2D eigenvalue weighted by Gasteiger charge is -2.28. The Morgan fingerprint density at radius 1 is 1.37 bits per heavy atom. The summed E-state index contributed by atoms with van der Waals surface area (Å²) in [5.41, 5.74) is 6.33. The Hall–Kier alpha value is -1.68. The minimum Gasteiger partial charge on any atom is -0.342 e. The minimum atomic E-state index is -0.287. The normalized spacial score (nSPS) is 11.8. The molecule has 0 heterocycles. The van der Waals surface area contributed by atoms with E-state index in [1.165, 1.54) is 18.2 Å². The van der Waals surface area contributed by atoms with Crippen molar-refractivity contribution in [3.05, 3.63) is 41.7 Å². The van der Waals surface area contributed by atoms with Gasteiger partial charge in [0.2, 0.25) is 5.91 Å². The number of benzene rings is 1. The second kappa shape index (κ2) is 6.48. The summed E-state index contributed by atoms with van der Waals surface area (Å²) in [5.74, 6) is -0.379. The summed E-state index contributed by atoms with van der Waals surface area (Å²) in [6.45, 7) is 5.14. The van der Waals surface area contributed by atoms with Crippen molar-refractivity contribution in [3.63, 3.8) is 0 Å². The van der Waals surface area contributed by atoms with Crippen molar-refractivity contribution in [3.8, 4) is 0 Å². The van der Waals surface area contributed by atoms with Crippen molar-refractivity contribution >= 4 is 12.0 Å². The van der Waals surface area contributed by atoms with E-state index in [-0.39, 0.29) is 17.1 Å². The zero-order valence-corrected chi connectivity index (χ0v) is 11.7. The van der Waals surface area contributed by atoms with Gasteiger partial charge in [0.25, 0.3) is 0 Å². The molecule has 0 saturated carbocycles. The van der Waals surface area contributed by atoms with E-state index in [2.05, 4.69) is 0 Å². The fourth-order valence-electron chi connectivity index (χ4n) is 1.65. The van der Waals surface area contributed by atoms with Crippen LogP contribution < -0.4 is 5.73 Å². The number of hydrogen-bond acceptors (Lipinski definition) is 2. The molecule has 0 aromatic heterocycles.